The van der Waals surface area contributed by atoms with Crippen LogP contribution in [-0.4, -0.2) is 33.3 Å². The molecule has 0 fully saturated rings. The molecule has 5 nitrogen and oxygen atoms in total. The highest BCUT2D eigenvalue weighted by Gasteiger charge is 2.17. The zero-order chi connectivity index (χ0) is 14.4. The third-order valence-corrected chi connectivity index (χ3v) is 2.92. The summed E-state index contributed by atoms with van der Waals surface area (Å²) in [4.78, 5) is 12.1. The number of nitrogens with one attached hydrogen (secondary N) is 1. The van der Waals surface area contributed by atoms with Crippen molar-refractivity contribution in [2.45, 2.75) is 26.3 Å². The van der Waals surface area contributed by atoms with E-state index >= 15 is 0 Å². The first-order valence-corrected chi connectivity index (χ1v) is 6.18. The molecule has 0 radical (unpaired) electrons. The summed E-state index contributed by atoms with van der Waals surface area (Å²) in [7, 11) is 4.57. The van der Waals surface area contributed by atoms with Gasteiger partial charge < -0.3 is 19.5 Å². The largest absolute Gasteiger partial charge is 0.493 e. The van der Waals surface area contributed by atoms with Crippen LogP contribution < -0.4 is 19.5 Å². The van der Waals surface area contributed by atoms with E-state index in [1.165, 1.54) is 21.3 Å². The van der Waals surface area contributed by atoms with Crippen LogP contribution in [0.15, 0.2) is 12.1 Å². The van der Waals surface area contributed by atoms with Gasteiger partial charge in [-0.15, -0.1) is 0 Å². The smallest absolute Gasteiger partial charge is 0.251 e. The Morgan fingerprint density at radius 2 is 1.68 bits per heavy atom. The molecular weight excluding hydrogens is 246 g/mol. The Kier molecular flexibility index (Phi) is 5.48. The summed E-state index contributed by atoms with van der Waals surface area (Å²) in [6.45, 7) is 3.97. The first-order valence-electron chi connectivity index (χ1n) is 6.18. The molecule has 0 aliphatic carbocycles. The third-order valence-electron chi connectivity index (χ3n) is 2.92. The average Bonchev–Trinajstić information content (AvgIpc) is 2.44. The van der Waals surface area contributed by atoms with E-state index in [1.54, 1.807) is 12.1 Å². The van der Waals surface area contributed by atoms with Crippen LogP contribution in [0.1, 0.15) is 30.6 Å². The van der Waals surface area contributed by atoms with Crippen LogP contribution in [0.5, 0.6) is 17.2 Å². The van der Waals surface area contributed by atoms with Crippen molar-refractivity contribution in [1.82, 2.24) is 5.32 Å². The second-order valence-electron chi connectivity index (χ2n) is 4.20. The highest BCUT2D eigenvalue weighted by molar-refractivity contribution is 5.95. The lowest BCUT2D eigenvalue weighted by Crippen LogP contribution is -2.31. The van der Waals surface area contributed by atoms with Gasteiger partial charge in [0.15, 0.2) is 11.5 Å². The molecule has 1 aromatic carbocycles. The van der Waals surface area contributed by atoms with E-state index in [-0.39, 0.29) is 11.9 Å². The summed E-state index contributed by atoms with van der Waals surface area (Å²) >= 11 is 0. The molecule has 1 N–H and O–H groups in total. The van der Waals surface area contributed by atoms with Gasteiger partial charge in [0.05, 0.1) is 21.3 Å². The Bertz CT molecular complexity index is 420. The first-order chi connectivity index (χ1) is 9.07. The van der Waals surface area contributed by atoms with Crippen molar-refractivity contribution >= 4 is 5.91 Å². The average molecular weight is 267 g/mol. The number of benzene rings is 1. The molecule has 1 rings (SSSR count). The summed E-state index contributed by atoms with van der Waals surface area (Å²) in [6.07, 6.45) is 0.871. The van der Waals surface area contributed by atoms with E-state index in [4.69, 9.17) is 14.2 Å². The highest BCUT2D eigenvalue weighted by atomic mass is 16.5. The minimum Gasteiger partial charge on any atom is -0.493 e. The van der Waals surface area contributed by atoms with Gasteiger partial charge in [-0.25, -0.2) is 0 Å². The number of carbonyl (C=O) groups is 1. The van der Waals surface area contributed by atoms with Gasteiger partial charge in [0, 0.05) is 11.6 Å². The fraction of sp³-hybridized carbons (Fsp3) is 0.500. The van der Waals surface area contributed by atoms with E-state index in [1.807, 2.05) is 13.8 Å². The molecule has 1 amide bonds. The zero-order valence-electron chi connectivity index (χ0n) is 12.1. The molecule has 0 aliphatic rings. The quantitative estimate of drug-likeness (QED) is 0.858. The van der Waals surface area contributed by atoms with Crippen LogP contribution in [0.25, 0.3) is 0 Å². The van der Waals surface area contributed by atoms with E-state index in [0.717, 1.165) is 6.42 Å². The molecular formula is C14H21NO4. The Balaban J connectivity index is 3.12. The van der Waals surface area contributed by atoms with E-state index in [9.17, 15) is 4.79 Å². The fourth-order valence-corrected chi connectivity index (χ4v) is 1.62. The molecule has 1 atom stereocenters. The minimum atomic E-state index is -0.159. The normalized spacial score (nSPS) is 11.6. The number of amides is 1. The van der Waals surface area contributed by atoms with Crippen LogP contribution in [0, 0.1) is 0 Å². The van der Waals surface area contributed by atoms with Crippen LogP contribution in [0.4, 0.5) is 0 Å². The SMILES string of the molecule is CC[C@@H](C)NC(=O)c1cc(OC)c(OC)c(OC)c1. The summed E-state index contributed by atoms with van der Waals surface area (Å²) in [6, 6.07) is 3.39. The highest BCUT2D eigenvalue weighted by Crippen LogP contribution is 2.38. The van der Waals surface area contributed by atoms with Crippen molar-refractivity contribution < 1.29 is 19.0 Å². The number of methoxy groups -OCH3 is 3. The topological polar surface area (TPSA) is 56.8 Å². The van der Waals surface area contributed by atoms with Crippen LogP contribution >= 0.6 is 0 Å². The molecule has 0 saturated carbocycles. The monoisotopic (exact) mass is 267 g/mol. The molecule has 106 valence electrons. The summed E-state index contributed by atoms with van der Waals surface area (Å²) in [5.74, 6) is 1.26. The van der Waals surface area contributed by atoms with Gasteiger partial charge in [-0.2, -0.15) is 0 Å². The lowest BCUT2D eigenvalue weighted by Gasteiger charge is -2.15. The van der Waals surface area contributed by atoms with Crippen molar-refractivity contribution in [2.24, 2.45) is 0 Å². The Morgan fingerprint density at radius 1 is 1.16 bits per heavy atom. The molecule has 0 spiro atoms. The van der Waals surface area contributed by atoms with Crippen molar-refractivity contribution in [3.8, 4) is 17.2 Å². The molecule has 5 heteroatoms. The first kappa shape index (κ1) is 15.1. The lowest BCUT2D eigenvalue weighted by atomic mass is 10.1. The molecule has 0 unspecified atom stereocenters. The van der Waals surface area contributed by atoms with Crippen molar-refractivity contribution in [2.75, 3.05) is 21.3 Å². The summed E-state index contributed by atoms with van der Waals surface area (Å²) < 4.78 is 15.6. The minimum absolute atomic E-state index is 0.117. The predicted molar refractivity (Wildman–Crippen MR) is 73.3 cm³/mol. The summed E-state index contributed by atoms with van der Waals surface area (Å²) in [5.41, 5.74) is 0.481. The van der Waals surface area contributed by atoms with Crippen LogP contribution in [-0.2, 0) is 0 Å². The maximum absolute atomic E-state index is 12.1. The van der Waals surface area contributed by atoms with Crippen molar-refractivity contribution in [3.63, 3.8) is 0 Å². The number of hydrogen-bond donors (Lipinski definition) is 1. The molecule has 0 bridgehead atoms. The van der Waals surface area contributed by atoms with Crippen LogP contribution in [0.3, 0.4) is 0 Å². The van der Waals surface area contributed by atoms with E-state index in [2.05, 4.69) is 5.32 Å². The van der Waals surface area contributed by atoms with Gasteiger partial charge in [0.25, 0.3) is 5.91 Å². The number of carbonyl (C=O) groups excluding carboxylic acids is 1. The van der Waals surface area contributed by atoms with Gasteiger partial charge in [-0.1, -0.05) is 6.92 Å². The van der Waals surface area contributed by atoms with Gasteiger partial charge in [-0.05, 0) is 25.5 Å². The zero-order valence-corrected chi connectivity index (χ0v) is 12.1. The van der Waals surface area contributed by atoms with Gasteiger partial charge in [0.1, 0.15) is 0 Å². The molecule has 0 aromatic heterocycles. The number of ether oxygens (including phenoxy) is 3. The Labute approximate surface area is 113 Å². The van der Waals surface area contributed by atoms with Gasteiger partial charge >= 0.3 is 0 Å². The van der Waals surface area contributed by atoms with Gasteiger partial charge in [-0.3, -0.25) is 4.79 Å². The summed E-state index contributed by atoms with van der Waals surface area (Å²) in [5, 5.41) is 2.90. The van der Waals surface area contributed by atoms with Crippen molar-refractivity contribution in [1.29, 1.82) is 0 Å². The second kappa shape index (κ2) is 6.87. The van der Waals surface area contributed by atoms with Crippen molar-refractivity contribution in [3.05, 3.63) is 17.7 Å². The molecule has 1 aromatic rings. The fourth-order valence-electron chi connectivity index (χ4n) is 1.62. The van der Waals surface area contributed by atoms with Crippen LogP contribution in [0.2, 0.25) is 0 Å². The lowest BCUT2D eigenvalue weighted by molar-refractivity contribution is 0.0938. The third kappa shape index (κ3) is 3.53. The number of hydrogen-bond acceptors (Lipinski definition) is 4. The number of rotatable bonds is 6. The van der Waals surface area contributed by atoms with E-state index in [0.29, 0.717) is 22.8 Å². The predicted octanol–water partition coefficient (Wildman–Crippen LogP) is 2.24. The maximum Gasteiger partial charge on any atom is 0.251 e. The van der Waals surface area contributed by atoms with Gasteiger partial charge in [0.2, 0.25) is 5.75 Å². The standard InChI is InChI=1S/C14H21NO4/c1-6-9(2)15-14(16)10-7-11(17-3)13(19-5)12(8-10)18-4/h7-9H,6H2,1-5H3,(H,15,16)/t9-/m1/s1. The molecule has 0 saturated heterocycles. The Hall–Kier alpha value is -1.91. The molecule has 0 aliphatic heterocycles. The second-order valence-corrected chi connectivity index (χ2v) is 4.20. The Morgan fingerprint density at radius 3 is 2.05 bits per heavy atom. The van der Waals surface area contributed by atoms with E-state index < -0.39 is 0 Å². The molecule has 19 heavy (non-hydrogen) atoms. The maximum atomic E-state index is 12.1. The molecule has 0 heterocycles.